The van der Waals surface area contributed by atoms with E-state index in [9.17, 15) is 4.79 Å². The second kappa shape index (κ2) is 8.38. The van der Waals surface area contributed by atoms with E-state index < -0.39 is 5.97 Å². The number of carbonyl (C=O) groups is 1. The minimum absolute atomic E-state index is 0.362. The van der Waals surface area contributed by atoms with Gasteiger partial charge in [-0.1, -0.05) is 11.6 Å². The Labute approximate surface area is 220 Å². The predicted octanol–water partition coefficient (Wildman–Crippen LogP) is 5.62. The van der Waals surface area contributed by atoms with Crippen LogP contribution in [-0.4, -0.2) is 42.4 Å². The van der Waals surface area contributed by atoms with Gasteiger partial charge in [-0.3, -0.25) is 9.08 Å². The van der Waals surface area contributed by atoms with Crippen LogP contribution in [0, 0.1) is 30.1 Å². The third-order valence-corrected chi connectivity index (χ3v) is 9.24. The van der Waals surface area contributed by atoms with Crippen molar-refractivity contribution in [2.45, 2.75) is 52.0 Å². The Hall–Kier alpha value is -3.26. The van der Waals surface area contributed by atoms with E-state index in [1.54, 1.807) is 6.20 Å². The summed E-state index contributed by atoms with van der Waals surface area (Å²) in [5.41, 5.74) is 5.09. The highest BCUT2D eigenvalue weighted by atomic mass is 35.5. The van der Waals surface area contributed by atoms with E-state index in [1.165, 1.54) is 45.6 Å². The molecule has 4 aliphatic carbocycles. The van der Waals surface area contributed by atoms with E-state index in [4.69, 9.17) is 21.4 Å². The van der Waals surface area contributed by atoms with Crippen molar-refractivity contribution in [3.05, 3.63) is 53.2 Å². The molecule has 4 heterocycles. The lowest BCUT2D eigenvalue weighted by atomic mass is 9.49. The second-order valence-corrected chi connectivity index (χ2v) is 11.8. The maximum atomic E-state index is 13.0. The number of hydrogen-bond acceptors (Lipinski definition) is 6. The zero-order valence-electron chi connectivity index (χ0n) is 21.0. The summed E-state index contributed by atoms with van der Waals surface area (Å²) >= 11 is 6.07. The first-order valence-corrected chi connectivity index (χ1v) is 13.4. The molecular weight excluding hydrogens is 488 g/mol. The number of methoxy groups -OCH3 is 1. The number of hydrogen-bond donors (Lipinski definition) is 0. The van der Waals surface area contributed by atoms with Crippen LogP contribution < -0.4 is 0 Å². The molecule has 0 radical (unpaired) electrons. The molecule has 4 aromatic heterocycles. The van der Waals surface area contributed by atoms with Crippen molar-refractivity contribution >= 4 is 23.2 Å². The fraction of sp³-hybridized carbons (Fsp3) is 0.464. The Morgan fingerprint density at radius 1 is 1.14 bits per heavy atom. The first-order valence-electron chi connectivity index (χ1n) is 13.0. The highest BCUT2D eigenvalue weighted by Crippen LogP contribution is 2.60. The predicted molar refractivity (Wildman–Crippen MR) is 139 cm³/mol. The van der Waals surface area contributed by atoms with Crippen molar-refractivity contribution < 1.29 is 9.53 Å². The first kappa shape index (κ1) is 22.9. The van der Waals surface area contributed by atoms with Crippen LogP contribution in [0.4, 0.5) is 0 Å². The molecule has 0 aliphatic heterocycles. The molecule has 4 aromatic rings. The largest absolute Gasteiger partial charge is 0.465 e. The number of aromatic nitrogens is 6. The summed E-state index contributed by atoms with van der Waals surface area (Å²) in [4.78, 5) is 17.6. The Kier molecular flexibility index (Phi) is 5.19. The molecule has 0 unspecified atom stereocenters. The SMILES string of the molecule is COC(=O)c1c(-c2cnn(CC34CC5CC(CC(C5)C3)C4)c2)ccn2c(-c3cc(C)c(Cl)nn3)cnc12. The van der Waals surface area contributed by atoms with Gasteiger partial charge in [0.2, 0.25) is 0 Å². The van der Waals surface area contributed by atoms with E-state index in [1.807, 2.05) is 35.9 Å². The summed E-state index contributed by atoms with van der Waals surface area (Å²) in [5.74, 6) is 2.26. The van der Waals surface area contributed by atoms with E-state index in [0.29, 0.717) is 27.5 Å². The molecule has 0 N–H and O–H groups in total. The Bertz CT molecular complexity index is 1500. The van der Waals surface area contributed by atoms with E-state index in [2.05, 4.69) is 26.1 Å². The lowest BCUT2D eigenvalue weighted by Gasteiger charge is -2.56. The molecule has 4 saturated carbocycles. The van der Waals surface area contributed by atoms with E-state index in [-0.39, 0.29) is 0 Å². The van der Waals surface area contributed by atoms with Crippen molar-refractivity contribution in [2.24, 2.45) is 23.2 Å². The maximum Gasteiger partial charge on any atom is 0.342 e. The monoisotopic (exact) mass is 516 g/mol. The summed E-state index contributed by atoms with van der Waals surface area (Å²) in [6.07, 6.45) is 15.8. The van der Waals surface area contributed by atoms with Crippen LogP contribution in [-0.2, 0) is 11.3 Å². The number of esters is 1. The molecule has 0 amide bonds. The molecular formula is C28H29ClN6O2. The number of imidazole rings is 1. The average Bonchev–Trinajstić information content (AvgIpc) is 3.50. The molecule has 4 bridgehead atoms. The van der Waals surface area contributed by atoms with Crippen LogP contribution in [0.3, 0.4) is 0 Å². The number of rotatable bonds is 5. The molecule has 0 spiro atoms. The molecule has 8 nitrogen and oxygen atoms in total. The quantitative estimate of drug-likeness (QED) is 0.320. The molecule has 0 aromatic carbocycles. The van der Waals surface area contributed by atoms with Gasteiger partial charge in [-0.25, -0.2) is 9.78 Å². The van der Waals surface area contributed by atoms with Crippen molar-refractivity contribution in [1.29, 1.82) is 0 Å². The molecule has 4 aliphatic rings. The zero-order chi connectivity index (χ0) is 25.3. The molecule has 8 rings (SSSR count). The lowest BCUT2D eigenvalue weighted by Crippen LogP contribution is -2.47. The minimum Gasteiger partial charge on any atom is -0.465 e. The van der Waals surface area contributed by atoms with Crippen LogP contribution in [0.1, 0.15) is 54.4 Å². The smallest absolute Gasteiger partial charge is 0.342 e. The van der Waals surface area contributed by atoms with Gasteiger partial charge in [0.05, 0.1) is 25.2 Å². The summed E-state index contributed by atoms with van der Waals surface area (Å²) in [6.45, 7) is 2.83. The molecule has 4 fully saturated rings. The highest BCUT2D eigenvalue weighted by Gasteiger charge is 2.51. The molecule has 190 valence electrons. The lowest BCUT2D eigenvalue weighted by molar-refractivity contribution is -0.0635. The molecule has 9 heteroatoms. The first-order chi connectivity index (χ1) is 17.9. The fourth-order valence-electron chi connectivity index (χ4n) is 7.79. The topological polar surface area (TPSA) is 87.2 Å². The molecule has 0 saturated heterocycles. The standard InChI is InChI=1S/C28H29ClN6O2/c1-16-5-22(32-33-25(16)29)23-13-30-26-24(27(36)37-2)21(3-4-35(23)26)20-12-31-34(14-20)15-28-9-17-6-18(10-28)8-19(7-17)11-28/h3-5,12-14,17-19H,6-11,15H2,1-2H3. The van der Waals surface area contributed by atoms with Crippen LogP contribution in [0.15, 0.2) is 36.9 Å². The van der Waals surface area contributed by atoms with Gasteiger partial charge < -0.3 is 4.74 Å². The fourth-order valence-corrected chi connectivity index (χ4v) is 7.89. The van der Waals surface area contributed by atoms with Gasteiger partial charge in [-0.2, -0.15) is 5.10 Å². The van der Waals surface area contributed by atoms with Gasteiger partial charge in [0.15, 0.2) is 10.8 Å². The number of fused-ring (bicyclic) bond motifs is 1. The Balaban J connectivity index is 1.26. The summed E-state index contributed by atoms with van der Waals surface area (Å²) in [5, 5.41) is 13.4. The van der Waals surface area contributed by atoms with Crippen LogP contribution in [0.2, 0.25) is 5.15 Å². The number of halogens is 1. The normalized spacial score (nSPS) is 26.2. The summed E-state index contributed by atoms with van der Waals surface area (Å²) in [6, 6.07) is 3.78. The number of carbonyl (C=O) groups excluding carboxylic acids is 1. The van der Waals surface area contributed by atoms with E-state index >= 15 is 0 Å². The number of pyridine rings is 1. The van der Waals surface area contributed by atoms with Gasteiger partial charge in [0, 0.05) is 30.1 Å². The van der Waals surface area contributed by atoms with Gasteiger partial charge in [-0.05, 0) is 86.3 Å². The molecule has 37 heavy (non-hydrogen) atoms. The van der Waals surface area contributed by atoms with Gasteiger partial charge in [0.1, 0.15) is 11.3 Å². The second-order valence-electron chi connectivity index (χ2n) is 11.5. The van der Waals surface area contributed by atoms with Gasteiger partial charge in [0.25, 0.3) is 0 Å². The average molecular weight is 517 g/mol. The van der Waals surface area contributed by atoms with Crippen molar-refractivity contribution in [2.75, 3.05) is 7.11 Å². The van der Waals surface area contributed by atoms with Crippen LogP contribution in [0.25, 0.3) is 28.2 Å². The summed E-state index contributed by atoms with van der Waals surface area (Å²) < 4.78 is 9.12. The number of nitrogens with zero attached hydrogens (tertiary/aromatic N) is 6. The number of ether oxygens (including phenoxy) is 1. The number of aryl methyl sites for hydroxylation is 1. The molecule has 0 atom stereocenters. The third kappa shape index (κ3) is 3.76. The Morgan fingerprint density at radius 3 is 2.54 bits per heavy atom. The Morgan fingerprint density at radius 2 is 1.86 bits per heavy atom. The van der Waals surface area contributed by atoms with Gasteiger partial charge in [-0.15, -0.1) is 10.2 Å². The zero-order valence-corrected chi connectivity index (χ0v) is 21.8. The van der Waals surface area contributed by atoms with E-state index in [0.717, 1.165) is 46.7 Å². The summed E-state index contributed by atoms with van der Waals surface area (Å²) in [7, 11) is 1.39. The minimum atomic E-state index is -0.440. The third-order valence-electron chi connectivity index (χ3n) is 8.86. The van der Waals surface area contributed by atoms with Crippen molar-refractivity contribution in [1.82, 2.24) is 29.4 Å². The van der Waals surface area contributed by atoms with Crippen molar-refractivity contribution in [3.8, 4) is 22.5 Å². The highest BCUT2D eigenvalue weighted by molar-refractivity contribution is 6.30. The van der Waals surface area contributed by atoms with Crippen LogP contribution in [0.5, 0.6) is 0 Å². The van der Waals surface area contributed by atoms with Crippen LogP contribution >= 0.6 is 11.6 Å². The van der Waals surface area contributed by atoms with Gasteiger partial charge >= 0.3 is 5.97 Å². The maximum absolute atomic E-state index is 13.0. The van der Waals surface area contributed by atoms with Crippen molar-refractivity contribution in [3.63, 3.8) is 0 Å².